The Hall–Kier alpha value is -0.830. The lowest BCUT2D eigenvalue weighted by atomic mass is 9.76. The van der Waals surface area contributed by atoms with Crippen molar-refractivity contribution in [1.29, 1.82) is 0 Å². The van der Waals surface area contributed by atoms with Gasteiger partial charge in [0.05, 0.1) is 5.60 Å². The lowest BCUT2D eigenvalue weighted by molar-refractivity contribution is 0.0199. The molecule has 0 bridgehead atoms. The number of aromatic nitrogens is 2. The number of aryl methyl sites for hydroxylation is 1. The second-order valence-corrected chi connectivity index (χ2v) is 7.93. The average Bonchev–Trinajstić information content (AvgIpc) is 2.69. The number of hydrogen-bond donors (Lipinski definition) is 1. The molecule has 1 heterocycles. The third kappa shape index (κ3) is 4.32. The van der Waals surface area contributed by atoms with Crippen molar-refractivity contribution in [3.8, 4) is 0 Å². The van der Waals surface area contributed by atoms with Crippen LogP contribution in [0.15, 0.2) is 12.4 Å². The van der Waals surface area contributed by atoms with E-state index in [1.807, 2.05) is 12.4 Å². The fraction of sp³-hybridized carbons (Fsp3) is 0.833. The van der Waals surface area contributed by atoms with E-state index in [0.717, 1.165) is 50.4 Å². The van der Waals surface area contributed by atoms with Gasteiger partial charge in [0.2, 0.25) is 0 Å². The molecule has 120 valence electrons. The monoisotopic (exact) mass is 292 g/mol. The molecule has 1 fully saturated rings. The van der Waals surface area contributed by atoms with Gasteiger partial charge in [-0.05, 0) is 43.4 Å². The minimum Gasteiger partial charge on any atom is -0.389 e. The van der Waals surface area contributed by atoms with E-state index < -0.39 is 5.60 Å². The first kappa shape index (κ1) is 16.5. The second-order valence-electron chi connectivity index (χ2n) is 7.93. The molecule has 0 aliphatic heterocycles. The molecule has 1 aliphatic carbocycles. The van der Waals surface area contributed by atoms with Gasteiger partial charge in [0.1, 0.15) is 5.82 Å². The maximum absolute atomic E-state index is 11.0. The van der Waals surface area contributed by atoms with Crippen LogP contribution in [0.4, 0.5) is 0 Å². The number of imidazole rings is 1. The van der Waals surface area contributed by atoms with Gasteiger partial charge in [-0.25, -0.2) is 4.98 Å². The Morgan fingerprint density at radius 2 is 2.10 bits per heavy atom. The van der Waals surface area contributed by atoms with Crippen LogP contribution in [0.1, 0.15) is 72.0 Å². The standard InChI is InChI=1S/C18H32N2O/c1-5-12-20-13-11-19-16(20)14-18(21)9-6-7-15(8-10-18)17(2,3)4/h11,13,15,21H,5-10,12,14H2,1-4H3. The smallest absolute Gasteiger partial charge is 0.111 e. The van der Waals surface area contributed by atoms with E-state index in [9.17, 15) is 5.11 Å². The summed E-state index contributed by atoms with van der Waals surface area (Å²) in [6.45, 7) is 10.2. The summed E-state index contributed by atoms with van der Waals surface area (Å²) >= 11 is 0. The highest BCUT2D eigenvalue weighted by atomic mass is 16.3. The number of aliphatic hydroxyl groups is 1. The molecule has 2 unspecified atom stereocenters. The number of nitrogens with zero attached hydrogens (tertiary/aromatic N) is 2. The first-order chi connectivity index (χ1) is 9.84. The van der Waals surface area contributed by atoms with Crippen LogP contribution in [-0.4, -0.2) is 20.3 Å². The van der Waals surface area contributed by atoms with Crippen molar-refractivity contribution in [3.63, 3.8) is 0 Å². The van der Waals surface area contributed by atoms with Gasteiger partial charge in [-0.3, -0.25) is 0 Å². The Morgan fingerprint density at radius 1 is 1.33 bits per heavy atom. The molecule has 1 saturated carbocycles. The Bertz CT molecular complexity index is 446. The Kier molecular flexibility index (Phi) is 5.13. The summed E-state index contributed by atoms with van der Waals surface area (Å²) in [5, 5.41) is 11.0. The van der Waals surface area contributed by atoms with Gasteiger partial charge >= 0.3 is 0 Å². The van der Waals surface area contributed by atoms with Crippen LogP contribution in [0.3, 0.4) is 0 Å². The molecule has 0 spiro atoms. The summed E-state index contributed by atoms with van der Waals surface area (Å²) in [5.41, 5.74) is -0.206. The molecule has 2 atom stereocenters. The van der Waals surface area contributed by atoms with Crippen LogP contribution >= 0.6 is 0 Å². The predicted octanol–water partition coefficient (Wildman–Crippen LogP) is 4.19. The van der Waals surface area contributed by atoms with Crippen molar-refractivity contribution in [3.05, 3.63) is 18.2 Å². The molecule has 2 rings (SSSR count). The van der Waals surface area contributed by atoms with Gasteiger partial charge in [0.25, 0.3) is 0 Å². The minimum absolute atomic E-state index is 0.353. The summed E-state index contributed by atoms with van der Waals surface area (Å²) in [6, 6.07) is 0. The molecule has 0 radical (unpaired) electrons. The zero-order valence-electron chi connectivity index (χ0n) is 14.2. The Morgan fingerprint density at radius 3 is 2.76 bits per heavy atom. The highest BCUT2D eigenvalue weighted by Crippen LogP contribution is 2.40. The zero-order chi connectivity index (χ0) is 15.5. The van der Waals surface area contributed by atoms with E-state index in [2.05, 4.69) is 37.2 Å². The van der Waals surface area contributed by atoms with E-state index in [0.29, 0.717) is 11.8 Å². The molecule has 21 heavy (non-hydrogen) atoms. The van der Waals surface area contributed by atoms with E-state index in [-0.39, 0.29) is 0 Å². The van der Waals surface area contributed by atoms with Gasteiger partial charge in [0, 0.05) is 25.4 Å². The van der Waals surface area contributed by atoms with E-state index in [1.54, 1.807) is 0 Å². The van der Waals surface area contributed by atoms with E-state index in [1.165, 1.54) is 6.42 Å². The van der Waals surface area contributed by atoms with Gasteiger partial charge in [-0.15, -0.1) is 0 Å². The van der Waals surface area contributed by atoms with Gasteiger partial charge in [-0.1, -0.05) is 34.1 Å². The van der Waals surface area contributed by atoms with Crippen molar-refractivity contribution in [2.45, 2.75) is 84.8 Å². The first-order valence-corrected chi connectivity index (χ1v) is 8.56. The Balaban J connectivity index is 2.03. The molecule has 3 heteroatoms. The average molecular weight is 292 g/mol. The molecule has 1 aromatic heterocycles. The van der Waals surface area contributed by atoms with Gasteiger partial charge < -0.3 is 9.67 Å². The molecule has 0 aromatic carbocycles. The van der Waals surface area contributed by atoms with Crippen LogP contribution in [0.25, 0.3) is 0 Å². The van der Waals surface area contributed by atoms with Crippen molar-refractivity contribution in [2.75, 3.05) is 0 Å². The molecule has 3 nitrogen and oxygen atoms in total. The highest BCUT2D eigenvalue weighted by molar-refractivity contribution is 5.00. The van der Waals surface area contributed by atoms with Crippen molar-refractivity contribution >= 4 is 0 Å². The fourth-order valence-electron chi connectivity index (χ4n) is 3.68. The summed E-state index contributed by atoms with van der Waals surface area (Å²) in [6.07, 6.45) is 11.0. The van der Waals surface area contributed by atoms with Crippen molar-refractivity contribution in [1.82, 2.24) is 9.55 Å². The molecular formula is C18H32N2O. The zero-order valence-corrected chi connectivity index (χ0v) is 14.2. The topological polar surface area (TPSA) is 38.0 Å². The molecular weight excluding hydrogens is 260 g/mol. The number of rotatable bonds is 4. The van der Waals surface area contributed by atoms with E-state index in [4.69, 9.17) is 0 Å². The van der Waals surface area contributed by atoms with Crippen LogP contribution in [-0.2, 0) is 13.0 Å². The second kappa shape index (κ2) is 6.51. The molecule has 1 aromatic rings. The lowest BCUT2D eigenvalue weighted by Gasteiger charge is -2.31. The third-order valence-electron chi connectivity index (χ3n) is 5.13. The maximum atomic E-state index is 11.0. The van der Waals surface area contributed by atoms with Crippen molar-refractivity contribution in [2.24, 2.45) is 11.3 Å². The van der Waals surface area contributed by atoms with Gasteiger partial charge in [-0.2, -0.15) is 0 Å². The normalized spacial score (nSPS) is 27.6. The fourth-order valence-corrected chi connectivity index (χ4v) is 3.68. The van der Waals surface area contributed by atoms with Crippen LogP contribution in [0.5, 0.6) is 0 Å². The molecule has 0 amide bonds. The third-order valence-corrected chi connectivity index (χ3v) is 5.13. The summed E-state index contributed by atoms with van der Waals surface area (Å²) < 4.78 is 2.20. The molecule has 1 aliphatic rings. The number of hydrogen-bond acceptors (Lipinski definition) is 2. The van der Waals surface area contributed by atoms with Crippen molar-refractivity contribution < 1.29 is 5.11 Å². The Labute approximate surface area is 129 Å². The lowest BCUT2D eigenvalue weighted by Crippen LogP contribution is -2.32. The highest BCUT2D eigenvalue weighted by Gasteiger charge is 2.35. The predicted molar refractivity (Wildman–Crippen MR) is 87.2 cm³/mol. The summed E-state index contributed by atoms with van der Waals surface area (Å²) in [7, 11) is 0. The molecule has 0 saturated heterocycles. The summed E-state index contributed by atoms with van der Waals surface area (Å²) in [5.74, 6) is 1.77. The van der Waals surface area contributed by atoms with Gasteiger partial charge in [0.15, 0.2) is 0 Å². The SMILES string of the molecule is CCCn1ccnc1CC1(O)CCCC(C(C)(C)C)CC1. The van der Waals surface area contributed by atoms with Crippen LogP contribution < -0.4 is 0 Å². The summed E-state index contributed by atoms with van der Waals surface area (Å²) in [4.78, 5) is 4.48. The largest absolute Gasteiger partial charge is 0.389 e. The van der Waals surface area contributed by atoms with Crippen LogP contribution in [0.2, 0.25) is 0 Å². The van der Waals surface area contributed by atoms with E-state index >= 15 is 0 Å². The first-order valence-electron chi connectivity index (χ1n) is 8.56. The minimum atomic E-state index is -0.559. The quantitative estimate of drug-likeness (QED) is 0.845. The van der Waals surface area contributed by atoms with Crippen LogP contribution in [0, 0.1) is 11.3 Å². The molecule has 1 N–H and O–H groups in total. The maximum Gasteiger partial charge on any atom is 0.111 e.